The molecule has 17 heavy (non-hydrogen) atoms. The van der Waals surface area contributed by atoms with Crippen LogP contribution in [-0.2, 0) is 17.8 Å². The monoisotopic (exact) mass is 237 g/mol. The van der Waals surface area contributed by atoms with E-state index in [-0.39, 0.29) is 6.10 Å². The second kappa shape index (κ2) is 4.72. The van der Waals surface area contributed by atoms with E-state index in [1.807, 2.05) is 6.33 Å². The zero-order valence-corrected chi connectivity index (χ0v) is 9.96. The molecule has 3 heterocycles. The Morgan fingerprint density at radius 1 is 1.35 bits per heavy atom. The number of ether oxygens (including phenoxy) is 1. The minimum atomic E-state index is 0.272. The van der Waals surface area contributed by atoms with Gasteiger partial charge < -0.3 is 15.0 Å². The number of nitrogens with two attached hydrogens (primary N) is 1. The van der Waals surface area contributed by atoms with Crippen molar-refractivity contribution in [3.05, 3.63) is 12.2 Å². The molecule has 3 rings (SSSR count). The van der Waals surface area contributed by atoms with Crippen molar-refractivity contribution in [3.8, 4) is 0 Å². The molecule has 6 nitrogen and oxygen atoms in total. The first-order valence-electron chi connectivity index (χ1n) is 6.29. The van der Waals surface area contributed by atoms with E-state index < -0.39 is 0 Å². The molecule has 2 unspecified atom stereocenters. The van der Waals surface area contributed by atoms with E-state index >= 15 is 0 Å². The molecule has 2 aliphatic rings. The lowest BCUT2D eigenvalue weighted by Crippen LogP contribution is -2.39. The molecular formula is C11H19N5O. The molecule has 0 spiro atoms. The highest BCUT2D eigenvalue weighted by atomic mass is 16.5. The van der Waals surface area contributed by atoms with Gasteiger partial charge >= 0.3 is 0 Å². The van der Waals surface area contributed by atoms with Crippen molar-refractivity contribution in [1.82, 2.24) is 19.7 Å². The van der Waals surface area contributed by atoms with Gasteiger partial charge in [-0.15, -0.1) is 10.2 Å². The second-order valence-corrected chi connectivity index (χ2v) is 4.87. The van der Waals surface area contributed by atoms with Crippen LogP contribution in [0.4, 0.5) is 0 Å². The van der Waals surface area contributed by atoms with Gasteiger partial charge in [0, 0.05) is 26.2 Å². The summed E-state index contributed by atoms with van der Waals surface area (Å²) in [5.41, 5.74) is 5.62. The Hall–Kier alpha value is -0.980. The van der Waals surface area contributed by atoms with Gasteiger partial charge in [-0.25, -0.2) is 0 Å². The van der Waals surface area contributed by atoms with Crippen molar-refractivity contribution in [1.29, 1.82) is 0 Å². The number of hydrogen-bond acceptors (Lipinski definition) is 5. The Bertz CT molecular complexity index is 380. The van der Waals surface area contributed by atoms with Crippen molar-refractivity contribution < 1.29 is 4.74 Å². The zero-order chi connectivity index (χ0) is 11.7. The summed E-state index contributed by atoms with van der Waals surface area (Å²) in [7, 11) is 0. The molecule has 2 N–H and O–H groups in total. The summed E-state index contributed by atoms with van der Waals surface area (Å²) in [5, 5.41) is 8.06. The number of rotatable bonds is 3. The Morgan fingerprint density at radius 3 is 3.06 bits per heavy atom. The third-order valence-electron chi connectivity index (χ3n) is 3.64. The van der Waals surface area contributed by atoms with Gasteiger partial charge in [0.15, 0.2) is 0 Å². The Morgan fingerprint density at radius 2 is 2.24 bits per heavy atom. The van der Waals surface area contributed by atoms with E-state index in [1.165, 1.54) is 0 Å². The first kappa shape index (κ1) is 11.1. The van der Waals surface area contributed by atoms with Crippen molar-refractivity contribution in [2.75, 3.05) is 19.6 Å². The second-order valence-electron chi connectivity index (χ2n) is 4.87. The fourth-order valence-electron chi connectivity index (χ4n) is 2.65. The molecule has 1 saturated heterocycles. The smallest absolute Gasteiger partial charge is 0.147 e. The minimum Gasteiger partial charge on any atom is -0.372 e. The molecule has 1 fully saturated rings. The van der Waals surface area contributed by atoms with Crippen molar-refractivity contribution in [3.63, 3.8) is 0 Å². The van der Waals surface area contributed by atoms with Crippen LogP contribution in [0.5, 0.6) is 0 Å². The van der Waals surface area contributed by atoms with Gasteiger partial charge in [-0.05, 0) is 12.8 Å². The maximum Gasteiger partial charge on any atom is 0.147 e. The molecule has 0 amide bonds. The third kappa shape index (κ3) is 2.34. The van der Waals surface area contributed by atoms with Crippen LogP contribution in [0.1, 0.15) is 18.7 Å². The summed E-state index contributed by atoms with van der Waals surface area (Å²) in [6.45, 7) is 4.55. The van der Waals surface area contributed by atoms with Gasteiger partial charge in [-0.1, -0.05) is 0 Å². The Labute approximate surface area is 101 Å². The highest BCUT2D eigenvalue weighted by Crippen LogP contribution is 2.21. The van der Waals surface area contributed by atoms with Crippen molar-refractivity contribution in [2.45, 2.75) is 38.1 Å². The Balaban J connectivity index is 1.54. The van der Waals surface area contributed by atoms with E-state index in [1.54, 1.807) is 0 Å². The molecule has 6 heteroatoms. The SMILES string of the molecule is NCC1CCC(CN2CCn3cnnc3C2)O1. The topological polar surface area (TPSA) is 69.2 Å². The predicted octanol–water partition coefficient (Wildman–Crippen LogP) is -0.400. The van der Waals surface area contributed by atoms with Gasteiger partial charge in [-0.3, -0.25) is 4.90 Å². The third-order valence-corrected chi connectivity index (χ3v) is 3.64. The van der Waals surface area contributed by atoms with E-state index in [0.717, 1.165) is 44.8 Å². The van der Waals surface area contributed by atoms with E-state index in [0.29, 0.717) is 12.6 Å². The van der Waals surface area contributed by atoms with Crippen LogP contribution >= 0.6 is 0 Å². The van der Waals surface area contributed by atoms with Crippen LogP contribution in [0.2, 0.25) is 0 Å². The van der Waals surface area contributed by atoms with Gasteiger partial charge in [0.1, 0.15) is 12.2 Å². The standard InChI is InChI=1S/C11H19N5O/c12-5-9-1-2-10(17-9)6-15-3-4-16-8-13-14-11(16)7-15/h8-10H,1-7,12H2. The van der Waals surface area contributed by atoms with Gasteiger partial charge in [0.25, 0.3) is 0 Å². The van der Waals surface area contributed by atoms with Crippen LogP contribution in [0, 0.1) is 0 Å². The first-order valence-corrected chi connectivity index (χ1v) is 6.29. The molecule has 0 saturated carbocycles. The molecule has 0 bridgehead atoms. The molecule has 94 valence electrons. The number of hydrogen-bond donors (Lipinski definition) is 1. The lowest BCUT2D eigenvalue weighted by atomic mass is 10.2. The fourth-order valence-corrected chi connectivity index (χ4v) is 2.65. The van der Waals surface area contributed by atoms with Crippen LogP contribution in [-0.4, -0.2) is 51.5 Å². The fraction of sp³-hybridized carbons (Fsp3) is 0.818. The lowest BCUT2D eigenvalue weighted by molar-refractivity contribution is 0.0214. The molecule has 2 aliphatic heterocycles. The maximum atomic E-state index is 5.87. The highest BCUT2D eigenvalue weighted by molar-refractivity contribution is 4.91. The van der Waals surface area contributed by atoms with Crippen LogP contribution < -0.4 is 5.73 Å². The van der Waals surface area contributed by atoms with E-state index in [2.05, 4.69) is 19.7 Å². The zero-order valence-electron chi connectivity index (χ0n) is 9.96. The first-order chi connectivity index (χ1) is 8.35. The Kier molecular flexibility index (Phi) is 3.09. The molecule has 1 aromatic rings. The normalized spacial score (nSPS) is 29.5. The van der Waals surface area contributed by atoms with Gasteiger partial charge in [0.05, 0.1) is 18.8 Å². The van der Waals surface area contributed by atoms with Gasteiger partial charge in [0.2, 0.25) is 0 Å². The summed E-state index contributed by atoms with van der Waals surface area (Å²) in [6.07, 6.45) is 4.66. The van der Waals surface area contributed by atoms with E-state index in [4.69, 9.17) is 10.5 Å². The summed E-state index contributed by atoms with van der Waals surface area (Å²) in [4.78, 5) is 2.40. The average Bonchev–Trinajstić information content (AvgIpc) is 2.96. The number of fused-ring (bicyclic) bond motifs is 1. The molecule has 2 atom stereocenters. The van der Waals surface area contributed by atoms with Crippen molar-refractivity contribution in [2.24, 2.45) is 5.73 Å². The summed E-state index contributed by atoms with van der Waals surface area (Å²) in [5.74, 6) is 1.06. The highest BCUT2D eigenvalue weighted by Gasteiger charge is 2.27. The largest absolute Gasteiger partial charge is 0.372 e. The quantitative estimate of drug-likeness (QED) is 0.774. The number of aromatic nitrogens is 3. The van der Waals surface area contributed by atoms with Crippen LogP contribution in [0.15, 0.2) is 6.33 Å². The summed E-state index contributed by atoms with van der Waals surface area (Å²) < 4.78 is 7.99. The van der Waals surface area contributed by atoms with Crippen molar-refractivity contribution >= 4 is 0 Å². The maximum absolute atomic E-state index is 5.87. The minimum absolute atomic E-state index is 0.272. The molecule has 1 aromatic heterocycles. The summed E-state index contributed by atoms with van der Waals surface area (Å²) >= 11 is 0. The lowest BCUT2D eigenvalue weighted by Gasteiger charge is -2.29. The van der Waals surface area contributed by atoms with Gasteiger partial charge in [-0.2, -0.15) is 0 Å². The summed E-state index contributed by atoms with van der Waals surface area (Å²) in [6, 6.07) is 0. The van der Waals surface area contributed by atoms with Crippen LogP contribution in [0.3, 0.4) is 0 Å². The van der Waals surface area contributed by atoms with Crippen LogP contribution in [0.25, 0.3) is 0 Å². The number of nitrogens with zero attached hydrogens (tertiary/aromatic N) is 4. The van der Waals surface area contributed by atoms with E-state index in [9.17, 15) is 0 Å². The molecular weight excluding hydrogens is 218 g/mol. The predicted molar refractivity (Wildman–Crippen MR) is 62.2 cm³/mol. The average molecular weight is 237 g/mol. The molecule has 0 aromatic carbocycles. The molecule has 0 radical (unpaired) electrons. The molecule has 0 aliphatic carbocycles.